The van der Waals surface area contributed by atoms with E-state index >= 15 is 0 Å². The second kappa shape index (κ2) is 9.11. The summed E-state index contributed by atoms with van der Waals surface area (Å²) in [6.45, 7) is 5.30. The predicted octanol–water partition coefficient (Wildman–Crippen LogP) is 3.32. The second-order valence-corrected chi connectivity index (χ2v) is 7.56. The molecule has 1 atom stereocenters. The third kappa shape index (κ3) is 5.37. The van der Waals surface area contributed by atoms with Crippen LogP contribution in [0, 0.1) is 6.92 Å². The van der Waals surface area contributed by atoms with Crippen molar-refractivity contribution < 1.29 is 4.74 Å². The minimum Gasteiger partial charge on any atom is -0.371 e. The second-order valence-electron chi connectivity index (χ2n) is 7.56. The van der Waals surface area contributed by atoms with Gasteiger partial charge in [-0.3, -0.25) is 14.7 Å². The van der Waals surface area contributed by atoms with E-state index in [4.69, 9.17) is 4.74 Å². The zero-order valence-electron chi connectivity index (χ0n) is 16.7. The lowest BCUT2D eigenvalue weighted by molar-refractivity contribution is -0.0132. The molecule has 0 bridgehead atoms. The molecule has 0 spiro atoms. The van der Waals surface area contributed by atoms with Crippen LogP contribution in [0.5, 0.6) is 0 Å². The first kappa shape index (κ1) is 19.5. The number of hydrogen-bond donors (Lipinski definition) is 1. The van der Waals surface area contributed by atoms with Crippen molar-refractivity contribution in [2.45, 2.75) is 39.0 Å². The molecule has 6 heteroatoms. The number of aromatic nitrogens is 3. The number of aromatic amines is 1. The Labute approximate surface area is 170 Å². The van der Waals surface area contributed by atoms with Gasteiger partial charge in [-0.2, -0.15) is 0 Å². The van der Waals surface area contributed by atoms with Gasteiger partial charge in [-0.15, -0.1) is 0 Å². The SMILES string of the molecule is Cc1cc(=O)[nH]c(-c2ccc(CN3CCCC(OCc4ccccn4)C3)cc2)n1. The summed E-state index contributed by atoms with van der Waals surface area (Å²) < 4.78 is 6.09. The molecule has 4 rings (SSSR count). The van der Waals surface area contributed by atoms with Crippen molar-refractivity contribution in [3.8, 4) is 11.4 Å². The van der Waals surface area contributed by atoms with Gasteiger partial charge in [-0.05, 0) is 44.0 Å². The van der Waals surface area contributed by atoms with Crippen LogP contribution in [-0.2, 0) is 17.9 Å². The van der Waals surface area contributed by atoms with Gasteiger partial charge in [-0.25, -0.2) is 4.98 Å². The van der Waals surface area contributed by atoms with Crippen molar-refractivity contribution in [1.82, 2.24) is 19.9 Å². The average molecular weight is 390 g/mol. The third-order valence-corrected chi connectivity index (χ3v) is 5.16. The van der Waals surface area contributed by atoms with Gasteiger partial charge in [0.25, 0.3) is 5.56 Å². The molecule has 0 amide bonds. The Hall–Kier alpha value is -2.83. The molecule has 150 valence electrons. The largest absolute Gasteiger partial charge is 0.371 e. The van der Waals surface area contributed by atoms with E-state index in [1.54, 1.807) is 6.20 Å². The van der Waals surface area contributed by atoms with Gasteiger partial charge in [0, 0.05) is 36.6 Å². The van der Waals surface area contributed by atoms with E-state index in [1.807, 2.05) is 37.3 Å². The van der Waals surface area contributed by atoms with E-state index in [0.717, 1.165) is 49.4 Å². The van der Waals surface area contributed by atoms with E-state index < -0.39 is 0 Å². The topological polar surface area (TPSA) is 71.1 Å². The molecule has 3 heterocycles. The van der Waals surface area contributed by atoms with E-state index in [1.165, 1.54) is 11.6 Å². The molecule has 0 aliphatic carbocycles. The van der Waals surface area contributed by atoms with Gasteiger partial charge in [0.1, 0.15) is 5.82 Å². The normalized spacial score (nSPS) is 17.3. The van der Waals surface area contributed by atoms with Crippen molar-refractivity contribution in [1.29, 1.82) is 0 Å². The number of aryl methyl sites for hydroxylation is 1. The molecule has 29 heavy (non-hydrogen) atoms. The smallest absolute Gasteiger partial charge is 0.251 e. The first-order valence-electron chi connectivity index (χ1n) is 10.1. The van der Waals surface area contributed by atoms with Crippen molar-refractivity contribution in [2.24, 2.45) is 0 Å². The average Bonchev–Trinajstić information content (AvgIpc) is 2.73. The number of likely N-dealkylation sites (tertiary alicyclic amines) is 1. The molecular weight excluding hydrogens is 364 g/mol. The molecule has 1 fully saturated rings. The number of H-pyrrole nitrogens is 1. The summed E-state index contributed by atoms with van der Waals surface area (Å²) in [5, 5.41) is 0. The Morgan fingerprint density at radius 3 is 2.83 bits per heavy atom. The monoisotopic (exact) mass is 390 g/mol. The van der Waals surface area contributed by atoms with Gasteiger partial charge in [0.05, 0.1) is 18.4 Å². The molecule has 0 saturated carbocycles. The summed E-state index contributed by atoms with van der Waals surface area (Å²) in [6.07, 6.45) is 4.28. The van der Waals surface area contributed by atoms with Crippen molar-refractivity contribution in [3.63, 3.8) is 0 Å². The minimum absolute atomic E-state index is 0.123. The van der Waals surface area contributed by atoms with Gasteiger partial charge in [0.15, 0.2) is 0 Å². The van der Waals surface area contributed by atoms with Crippen molar-refractivity contribution in [2.75, 3.05) is 13.1 Å². The van der Waals surface area contributed by atoms with Crippen LogP contribution in [0.15, 0.2) is 59.5 Å². The fourth-order valence-corrected chi connectivity index (χ4v) is 3.72. The third-order valence-electron chi connectivity index (χ3n) is 5.16. The van der Waals surface area contributed by atoms with Gasteiger partial charge in [0.2, 0.25) is 0 Å². The quantitative estimate of drug-likeness (QED) is 0.699. The van der Waals surface area contributed by atoms with Gasteiger partial charge >= 0.3 is 0 Å². The highest BCUT2D eigenvalue weighted by atomic mass is 16.5. The fraction of sp³-hybridized carbons (Fsp3) is 0.348. The number of nitrogens with one attached hydrogen (secondary N) is 1. The first-order valence-corrected chi connectivity index (χ1v) is 10.1. The maximum atomic E-state index is 11.7. The van der Waals surface area contributed by atoms with Crippen molar-refractivity contribution in [3.05, 3.63) is 82.0 Å². The number of ether oxygens (including phenoxy) is 1. The van der Waals surface area contributed by atoms with Gasteiger partial charge in [-0.1, -0.05) is 30.3 Å². The maximum absolute atomic E-state index is 11.7. The molecule has 6 nitrogen and oxygen atoms in total. The van der Waals surface area contributed by atoms with E-state index in [2.05, 4.69) is 32.0 Å². The Morgan fingerprint density at radius 1 is 1.21 bits per heavy atom. The highest BCUT2D eigenvalue weighted by molar-refractivity contribution is 5.55. The maximum Gasteiger partial charge on any atom is 0.251 e. The number of piperidine rings is 1. The van der Waals surface area contributed by atoms with Crippen LogP contribution in [0.3, 0.4) is 0 Å². The number of hydrogen-bond acceptors (Lipinski definition) is 5. The van der Waals surface area contributed by atoms with Crippen LogP contribution >= 0.6 is 0 Å². The van der Waals surface area contributed by atoms with E-state index in [0.29, 0.717) is 12.4 Å². The Bertz CT molecular complexity index is 986. The number of benzene rings is 1. The fourth-order valence-electron chi connectivity index (χ4n) is 3.72. The Morgan fingerprint density at radius 2 is 2.07 bits per heavy atom. The predicted molar refractivity (Wildman–Crippen MR) is 112 cm³/mol. The minimum atomic E-state index is -0.123. The summed E-state index contributed by atoms with van der Waals surface area (Å²) in [4.78, 5) is 25.7. The Kier molecular flexibility index (Phi) is 6.12. The van der Waals surface area contributed by atoms with Crippen LogP contribution in [0.25, 0.3) is 11.4 Å². The molecule has 2 aromatic heterocycles. The zero-order chi connectivity index (χ0) is 20.1. The molecule has 0 radical (unpaired) electrons. The molecular formula is C23H26N4O2. The highest BCUT2D eigenvalue weighted by Gasteiger charge is 2.20. The summed E-state index contributed by atoms with van der Waals surface area (Å²) in [7, 11) is 0. The lowest BCUT2D eigenvalue weighted by atomic mass is 10.1. The molecule has 1 unspecified atom stereocenters. The number of nitrogens with zero attached hydrogens (tertiary/aromatic N) is 3. The Balaban J connectivity index is 1.34. The summed E-state index contributed by atoms with van der Waals surface area (Å²) in [5.74, 6) is 0.613. The lowest BCUT2D eigenvalue weighted by Crippen LogP contribution is -2.39. The van der Waals surface area contributed by atoms with Gasteiger partial charge < -0.3 is 9.72 Å². The number of pyridine rings is 1. The van der Waals surface area contributed by atoms with Crippen LogP contribution in [0.1, 0.15) is 29.8 Å². The molecule has 1 aromatic carbocycles. The van der Waals surface area contributed by atoms with E-state index in [9.17, 15) is 4.79 Å². The zero-order valence-corrected chi connectivity index (χ0v) is 16.7. The van der Waals surface area contributed by atoms with Crippen molar-refractivity contribution >= 4 is 0 Å². The molecule has 1 aliphatic heterocycles. The molecule has 1 saturated heterocycles. The standard InChI is InChI=1S/C23H26N4O2/c1-17-13-22(28)26-23(25-17)19-9-7-18(8-10-19)14-27-12-4-6-21(15-27)29-16-20-5-2-3-11-24-20/h2-3,5,7-11,13,21H,4,6,12,14-16H2,1H3,(H,25,26,28). The summed E-state index contributed by atoms with van der Waals surface area (Å²) in [6, 6.07) is 15.7. The molecule has 3 aromatic rings. The first-order chi connectivity index (χ1) is 14.2. The summed E-state index contributed by atoms with van der Waals surface area (Å²) in [5.41, 5.74) is 3.74. The summed E-state index contributed by atoms with van der Waals surface area (Å²) >= 11 is 0. The highest BCUT2D eigenvalue weighted by Crippen LogP contribution is 2.19. The van der Waals surface area contributed by atoms with Crippen LogP contribution < -0.4 is 5.56 Å². The van der Waals surface area contributed by atoms with Crippen LogP contribution in [-0.4, -0.2) is 39.0 Å². The molecule has 1 N–H and O–H groups in total. The van der Waals surface area contributed by atoms with E-state index in [-0.39, 0.29) is 11.7 Å². The van der Waals surface area contributed by atoms with Crippen LogP contribution in [0.2, 0.25) is 0 Å². The number of rotatable bonds is 6. The van der Waals surface area contributed by atoms with Crippen LogP contribution in [0.4, 0.5) is 0 Å². The lowest BCUT2D eigenvalue weighted by Gasteiger charge is -2.32. The molecule has 1 aliphatic rings.